The molecule has 2 aromatic rings. The van der Waals surface area contributed by atoms with Crippen LogP contribution in [-0.2, 0) is 0 Å². The van der Waals surface area contributed by atoms with Crippen LogP contribution < -0.4 is 9.47 Å². The Morgan fingerprint density at radius 3 is 1.33 bits per heavy atom. The van der Waals surface area contributed by atoms with Crippen LogP contribution in [0, 0.1) is 0 Å². The molecule has 0 radical (unpaired) electrons. The predicted octanol–water partition coefficient (Wildman–Crippen LogP) is 3.21. The maximum Gasteiger partial charge on any atom is 0.163 e. The number of phenols is 2. The molecule has 0 spiro atoms. The minimum atomic E-state index is -0.0770. The summed E-state index contributed by atoms with van der Waals surface area (Å²) in [6, 6.07) is 8.82. The molecule has 0 aliphatic carbocycles. The summed E-state index contributed by atoms with van der Waals surface area (Å²) in [5.74, 6) is 0.845. The first kappa shape index (κ1) is 19.0. The van der Waals surface area contributed by atoms with Crippen LogP contribution in [0.25, 0.3) is 0 Å². The summed E-state index contributed by atoms with van der Waals surface area (Å²) in [5, 5.41) is 18.1. The molecule has 0 fully saturated rings. The molecule has 0 amide bonds. The second-order valence-electron chi connectivity index (χ2n) is 4.88. The van der Waals surface area contributed by atoms with Crippen molar-refractivity contribution in [2.75, 3.05) is 14.2 Å². The van der Waals surface area contributed by atoms with Gasteiger partial charge in [0.15, 0.2) is 11.6 Å². The molecule has 2 aromatic carbocycles. The third kappa shape index (κ3) is 5.01. The Morgan fingerprint density at radius 1 is 0.750 bits per heavy atom. The summed E-state index contributed by atoms with van der Waals surface area (Å²) in [6.07, 6.45) is 0. The average Bonchev–Trinajstić information content (AvgIpc) is 2.54. The van der Waals surface area contributed by atoms with Crippen molar-refractivity contribution in [1.29, 1.82) is 0 Å². The van der Waals surface area contributed by atoms with E-state index >= 15 is 0 Å². The summed E-state index contributed by atoms with van der Waals surface area (Å²) < 4.78 is 9.81. The van der Waals surface area contributed by atoms with E-state index in [-0.39, 0.29) is 23.1 Å². The number of ketones is 2. The molecule has 0 aliphatic rings. The van der Waals surface area contributed by atoms with Crippen LogP contribution in [-0.4, -0.2) is 36.0 Å². The summed E-state index contributed by atoms with van der Waals surface area (Å²) in [4.78, 5) is 21.9. The van der Waals surface area contributed by atoms with Crippen LogP contribution in [0.4, 0.5) is 0 Å². The number of hydrogen-bond acceptors (Lipinski definition) is 6. The van der Waals surface area contributed by atoms with Crippen molar-refractivity contribution >= 4 is 11.6 Å². The number of carbonyl (C=O) groups excluding carboxylic acids is 2. The van der Waals surface area contributed by atoms with Gasteiger partial charge in [-0.05, 0) is 38.1 Å². The van der Waals surface area contributed by atoms with Crippen molar-refractivity contribution in [3.8, 4) is 23.0 Å². The number of hydrogen-bond donors (Lipinski definition) is 2. The lowest BCUT2D eigenvalue weighted by Crippen LogP contribution is -1.96. The fourth-order valence-corrected chi connectivity index (χ4v) is 1.94. The Labute approximate surface area is 140 Å². The number of ether oxygens (including phenoxy) is 2. The van der Waals surface area contributed by atoms with Crippen molar-refractivity contribution in [2.24, 2.45) is 0 Å². The van der Waals surface area contributed by atoms with E-state index in [0.29, 0.717) is 22.6 Å². The minimum absolute atomic E-state index is 0.0770. The smallest absolute Gasteiger partial charge is 0.163 e. The summed E-state index contributed by atoms with van der Waals surface area (Å²) in [5.41, 5.74) is 0.964. The van der Waals surface area contributed by atoms with E-state index in [4.69, 9.17) is 19.7 Å². The van der Waals surface area contributed by atoms with E-state index in [1.54, 1.807) is 0 Å². The normalized spacial score (nSPS) is 9.50. The molecule has 0 aliphatic heterocycles. The standard InChI is InChI=1S/2C9H10O3/c2*1-6(10)8-4-3-7(11)5-9(8)12-2/h2*3-5,11H,1-2H3. The lowest BCUT2D eigenvalue weighted by Gasteiger charge is -2.04. The molecule has 0 saturated carbocycles. The van der Waals surface area contributed by atoms with E-state index in [9.17, 15) is 9.59 Å². The van der Waals surface area contributed by atoms with Gasteiger partial charge in [0, 0.05) is 12.1 Å². The van der Waals surface area contributed by atoms with Crippen LogP contribution in [0.2, 0.25) is 0 Å². The number of methoxy groups -OCH3 is 2. The number of rotatable bonds is 4. The van der Waals surface area contributed by atoms with E-state index < -0.39 is 0 Å². The Kier molecular flexibility index (Phi) is 6.79. The van der Waals surface area contributed by atoms with Crippen molar-refractivity contribution in [3.63, 3.8) is 0 Å². The number of Topliss-reactive ketones (excluding diaryl/α,β-unsaturated/α-hetero) is 2. The number of carbonyl (C=O) groups is 2. The summed E-state index contributed by atoms with van der Waals surface area (Å²) in [7, 11) is 2.92. The molecular weight excluding hydrogens is 312 g/mol. The van der Waals surface area contributed by atoms with Gasteiger partial charge in [0.25, 0.3) is 0 Å². The third-order valence-corrected chi connectivity index (χ3v) is 3.13. The molecule has 2 rings (SSSR count). The Morgan fingerprint density at radius 2 is 1.08 bits per heavy atom. The maximum atomic E-state index is 11.0. The van der Waals surface area contributed by atoms with Gasteiger partial charge in [-0.25, -0.2) is 0 Å². The van der Waals surface area contributed by atoms with Crippen molar-refractivity contribution in [1.82, 2.24) is 0 Å². The average molecular weight is 332 g/mol. The molecule has 0 heterocycles. The highest BCUT2D eigenvalue weighted by Crippen LogP contribution is 2.24. The van der Waals surface area contributed by atoms with Gasteiger partial charge in [0.05, 0.1) is 25.3 Å². The minimum Gasteiger partial charge on any atom is -0.508 e. The summed E-state index contributed by atoms with van der Waals surface area (Å²) >= 11 is 0. The first-order chi connectivity index (χ1) is 11.3. The molecule has 24 heavy (non-hydrogen) atoms. The quantitative estimate of drug-likeness (QED) is 0.835. The number of benzene rings is 2. The van der Waals surface area contributed by atoms with Crippen molar-refractivity contribution in [3.05, 3.63) is 47.5 Å². The van der Waals surface area contributed by atoms with E-state index in [1.165, 1.54) is 64.5 Å². The Bertz CT molecular complexity index is 673. The van der Waals surface area contributed by atoms with Gasteiger partial charge in [-0.1, -0.05) is 0 Å². The highest BCUT2D eigenvalue weighted by atomic mass is 16.5. The molecular formula is C18H20O6. The monoisotopic (exact) mass is 332 g/mol. The fourth-order valence-electron chi connectivity index (χ4n) is 1.94. The predicted molar refractivity (Wildman–Crippen MR) is 89.3 cm³/mol. The SMILES string of the molecule is COc1cc(O)ccc1C(C)=O.COc1cc(O)ccc1C(C)=O. The zero-order valence-electron chi connectivity index (χ0n) is 14.0. The van der Waals surface area contributed by atoms with Gasteiger partial charge in [0.1, 0.15) is 23.0 Å². The lowest BCUT2D eigenvalue weighted by atomic mass is 10.1. The van der Waals surface area contributed by atoms with E-state index in [0.717, 1.165) is 0 Å². The first-order valence-corrected chi connectivity index (χ1v) is 7.06. The first-order valence-electron chi connectivity index (χ1n) is 7.06. The molecule has 2 N–H and O–H groups in total. The molecule has 0 aromatic heterocycles. The number of aromatic hydroxyl groups is 2. The highest BCUT2D eigenvalue weighted by Gasteiger charge is 2.08. The van der Waals surface area contributed by atoms with E-state index in [1.807, 2.05) is 0 Å². The maximum absolute atomic E-state index is 11.0. The van der Waals surface area contributed by atoms with E-state index in [2.05, 4.69) is 0 Å². The van der Waals surface area contributed by atoms with Crippen molar-refractivity contribution in [2.45, 2.75) is 13.8 Å². The summed E-state index contributed by atoms with van der Waals surface area (Å²) in [6.45, 7) is 2.91. The van der Waals surface area contributed by atoms with Gasteiger partial charge in [0.2, 0.25) is 0 Å². The molecule has 0 saturated heterocycles. The van der Waals surface area contributed by atoms with Crippen LogP contribution in [0.5, 0.6) is 23.0 Å². The zero-order chi connectivity index (χ0) is 18.3. The second kappa shape index (κ2) is 8.57. The Balaban J connectivity index is 0.000000240. The molecule has 6 nitrogen and oxygen atoms in total. The molecule has 128 valence electrons. The molecule has 0 unspecified atom stereocenters. The second-order valence-corrected chi connectivity index (χ2v) is 4.88. The molecule has 0 atom stereocenters. The van der Waals surface area contributed by atoms with Gasteiger partial charge >= 0.3 is 0 Å². The topological polar surface area (TPSA) is 93.1 Å². The number of phenolic OH excluding ortho intramolecular Hbond substituents is 2. The van der Waals surface area contributed by atoms with Crippen LogP contribution >= 0.6 is 0 Å². The fraction of sp³-hybridized carbons (Fsp3) is 0.222. The Hall–Kier alpha value is -3.02. The third-order valence-electron chi connectivity index (χ3n) is 3.13. The van der Waals surface area contributed by atoms with Crippen molar-refractivity contribution < 1.29 is 29.3 Å². The lowest BCUT2D eigenvalue weighted by molar-refractivity contribution is 0.100. The van der Waals surface area contributed by atoms with Crippen LogP contribution in [0.3, 0.4) is 0 Å². The van der Waals surface area contributed by atoms with Gasteiger partial charge in [-0.15, -0.1) is 0 Å². The largest absolute Gasteiger partial charge is 0.508 e. The van der Waals surface area contributed by atoms with Gasteiger partial charge < -0.3 is 19.7 Å². The van der Waals surface area contributed by atoms with Gasteiger partial charge in [-0.3, -0.25) is 9.59 Å². The van der Waals surface area contributed by atoms with Crippen LogP contribution in [0.1, 0.15) is 34.6 Å². The molecule has 0 bridgehead atoms. The highest BCUT2D eigenvalue weighted by molar-refractivity contribution is 5.97. The zero-order valence-corrected chi connectivity index (χ0v) is 14.0. The van der Waals surface area contributed by atoms with Gasteiger partial charge in [-0.2, -0.15) is 0 Å². The van der Waals surface area contributed by atoms with Crippen LogP contribution in [0.15, 0.2) is 36.4 Å². The molecule has 6 heteroatoms.